The Bertz CT molecular complexity index is 628. The molecule has 0 amide bonds. The molecule has 0 saturated carbocycles. The zero-order valence-electron chi connectivity index (χ0n) is 12.1. The number of nitrogens with zero attached hydrogens (tertiary/aromatic N) is 2. The fourth-order valence-electron chi connectivity index (χ4n) is 2.10. The SMILES string of the molecule is COc1cccc(CN(C)Cc2cccc(C(=O)O)n2)c1. The van der Waals surface area contributed by atoms with Crippen LogP contribution >= 0.6 is 0 Å². The lowest BCUT2D eigenvalue weighted by atomic mass is 10.2. The molecule has 2 aromatic rings. The van der Waals surface area contributed by atoms with Crippen LogP contribution in [0, 0.1) is 0 Å². The highest BCUT2D eigenvalue weighted by molar-refractivity contribution is 5.85. The predicted molar refractivity (Wildman–Crippen MR) is 79.4 cm³/mol. The van der Waals surface area contributed by atoms with E-state index in [0.717, 1.165) is 23.6 Å². The molecule has 0 unspecified atom stereocenters. The van der Waals surface area contributed by atoms with Gasteiger partial charge in [0.2, 0.25) is 0 Å². The van der Waals surface area contributed by atoms with Gasteiger partial charge in [-0.1, -0.05) is 18.2 Å². The molecule has 0 radical (unpaired) electrons. The van der Waals surface area contributed by atoms with Gasteiger partial charge in [0.15, 0.2) is 0 Å². The molecule has 0 aliphatic heterocycles. The summed E-state index contributed by atoms with van der Waals surface area (Å²) in [5.74, 6) is -0.181. The first-order valence-corrected chi connectivity index (χ1v) is 6.59. The molecule has 5 nitrogen and oxygen atoms in total. The number of hydrogen-bond donors (Lipinski definition) is 1. The van der Waals surface area contributed by atoms with E-state index in [1.54, 1.807) is 13.2 Å². The van der Waals surface area contributed by atoms with Gasteiger partial charge in [-0.2, -0.15) is 0 Å². The Morgan fingerprint density at radius 3 is 2.71 bits per heavy atom. The maximum atomic E-state index is 10.9. The van der Waals surface area contributed by atoms with Crippen LogP contribution in [-0.2, 0) is 13.1 Å². The first kappa shape index (κ1) is 15.0. The molecular weight excluding hydrogens is 268 g/mol. The van der Waals surface area contributed by atoms with Gasteiger partial charge >= 0.3 is 5.97 Å². The molecule has 110 valence electrons. The van der Waals surface area contributed by atoms with Gasteiger partial charge in [0.25, 0.3) is 0 Å². The van der Waals surface area contributed by atoms with Crippen LogP contribution in [0.25, 0.3) is 0 Å². The lowest BCUT2D eigenvalue weighted by Crippen LogP contribution is -2.18. The van der Waals surface area contributed by atoms with E-state index in [9.17, 15) is 4.79 Å². The van der Waals surface area contributed by atoms with Crippen molar-refractivity contribution in [3.05, 3.63) is 59.4 Å². The maximum absolute atomic E-state index is 10.9. The standard InChI is InChI=1S/C16H18N2O3/c1-18(10-12-5-3-7-14(9-12)21-2)11-13-6-4-8-15(17-13)16(19)20/h3-9H,10-11H2,1-2H3,(H,19,20). The molecule has 0 atom stereocenters. The van der Waals surface area contributed by atoms with E-state index in [0.29, 0.717) is 6.54 Å². The lowest BCUT2D eigenvalue weighted by Gasteiger charge is -2.16. The molecule has 0 fully saturated rings. The summed E-state index contributed by atoms with van der Waals surface area (Å²) in [6, 6.07) is 12.9. The van der Waals surface area contributed by atoms with Crippen molar-refractivity contribution in [2.45, 2.75) is 13.1 Å². The minimum absolute atomic E-state index is 0.0716. The molecule has 0 spiro atoms. The zero-order chi connectivity index (χ0) is 15.2. The van der Waals surface area contributed by atoms with Gasteiger partial charge in [-0.15, -0.1) is 0 Å². The lowest BCUT2D eigenvalue weighted by molar-refractivity contribution is 0.0690. The smallest absolute Gasteiger partial charge is 0.354 e. The normalized spacial score (nSPS) is 10.6. The first-order chi connectivity index (χ1) is 10.1. The summed E-state index contributed by atoms with van der Waals surface area (Å²) in [5, 5.41) is 8.95. The van der Waals surface area contributed by atoms with E-state index < -0.39 is 5.97 Å². The summed E-state index contributed by atoms with van der Waals surface area (Å²) >= 11 is 0. The molecule has 0 bridgehead atoms. The fourth-order valence-corrected chi connectivity index (χ4v) is 2.10. The van der Waals surface area contributed by atoms with Crippen molar-refractivity contribution in [2.75, 3.05) is 14.2 Å². The van der Waals surface area contributed by atoms with Gasteiger partial charge in [0.05, 0.1) is 12.8 Å². The van der Waals surface area contributed by atoms with Gasteiger partial charge < -0.3 is 9.84 Å². The molecule has 0 saturated heterocycles. The van der Waals surface area contributed by atoms with Crippen LogP contribution in [0.15, 0.2) is 42.5 Å². The minimum atomic E-state index is -1.01. The van der Waals surface area contributed by atoms with Crippen molar-refractivity contribution in [3.63, 3.8) is 0 Å². The number of hydrogen-bond acceptors (Lipinski definition) is 4. The number of benzene rings is 1. The highest BCUT2D eigenvalue weighted by Gasteiger charge is 2.08. The highest BCUT2D eigenvalue weighted by atomic mass is 16.5. The Labute approximate surface area is 123 Å². The van der Waals surface area contributed by atoms with Crippen LogP contribution in [0.5, 0.6) is 5.75 Å². The van der Waals surface area contributed by atoms with E-state index in [1.165, 1.54) is 6.07 Å². The van der Waals surface area contributed by atoms with E-state index in [-0.39, 0.29) is 5.69 Å². The van der Waals surface area contributed by atoms with Gasteiger partial charge in [-0.05, 0) is 36.9 Å². The van der Waals surface area contributed by atoms with E-state index in [4.69, 9.17) is 9.84 Å². The van der Waals surface area contributed by atoms with Crippen LogP contribution in [0.3, 0.4) is 0 Å². The second-order valence-corrected chi connectivity index (χ2v) is 4.84. The van der Waals surface area contributed by atoms with Crippen LogP contribution in [-0.4, -0.2) is 35.1 Å². The number of carboxylic acids is 1. The van der Waals surface area contributed by atoms with Crippen LogP contribution < -0.4 is 4.74 Å². The summed E-state index contributed by atoms with van der Waals surface area (Å²) in [6.07, 6.45) is 0. The molecular formula is C16H18N2O3. The number of ether oxygens (including phenoxy) is 1. The van der Waals surface area contributed by atoms with Crippen LogP contribution in [0.4, 0.5) is 0 Å². The molecule has 21 heavy (non-hydrogen) atoms. The summed E-state index contributed by atoms with van der Waals surface area (Å²) < 4.78 is 5.20. The van der Waals surface area contributed by atoms with Gasteiger partial charge in [0, 0.05) is 13.1 Å². The number of aromatic carboxylic acids is 1. The topological polar surface area (TPSA) is 62.7 Å². The Kier molecular flexibility index (Phi) is 4.90. The molecule has 5 heteroatoms. The predicted octanol–water partition coefficient (Wildman–Crippen LogP) is 2.42. The molecule has 1 aromatic carbocycles. The molecule has 1 heterocycles. The van der Waals surface area contributed by atoms with Crippen molar-refractivity contribution in [1.82, 2.24) is 9.88 Å². The van der Waals surface area contributed by atoms with Crippen LogP contribution in [0.2, 0.25) is 0 Å². The van der Waals surface area contributed by atoms with Crippen molar-refractivity contribution >= 4 is 5.97 Å². The van der Waals surface area contributed by atoms with Gasteiger partial charge in [-0.3, -0.25) is 4.90 Å². The third kappa shape index (κ3) is 4.29. The molecule has 1 N–H and O–H groups in total. The monoisotopic (exact) mass is 286 g/mol. The van der Waals surface area contributed by atoms with Crippen molar-refractivity contribution in [1.29, 1.82) is 0 Å². The van der Waals surface area contributed by atoms with Crippen molar-refractivity contribution in [2.24, 2.45) is 0 Å². The third-order valence-electron chi connectivity index (χ3n) is 3.04. The van der Waals surface area contributed by atoms with Gasteiger partial charge in [-0.25, -0.2) is 9.78 Å². The first-order valence-electron chi connectivity index (χ1n) is 6.59. The number of methoxy groups -OCH3 is 1. The number of pyridine rings is 1. The Balaban J connectivity index is 2.02. The fraction of sp³-hybridized carbons (Fsp3) is 0.250. The van der Waals surface area contributed by atoms with Crippen molar-refractivity contribution in [3.8, 4) is 5.75 Å². The van der Waals surface area contributed by atoms with E-state index >= 15 is 0 Å². The van der Waals surface area contributed by atoms with Crippen molar-refractivity contribution < 1.29 is 14.6 Å². The molecule has 1 aromatic heterocycles. The number of rotatable bonds is 6. The summed E-state index contributed by atoms with van der Waals surface area (Å²) in [7, 11) is 3.61. The third-order valence-corrected chi connectivity index (χ3v) is 3.04. The average molecular weight is 286 g/mol. The van der Waals surface area contributed by atoms with Crippen LogP contribution in [0.1, 0.15) is 21.7 Å². The second-order valence-electron chi connectivity index (χ2n) is 4.84. The summed E-state index contributed by atoms with van der Waals surface area (Å²) in [4.78, 5) is 17.1. The quantitative estimate of drug-likeness (QED) is 0.883. The molecule has 2 rings (SSSR count). The molecule has 0 aliphatic carbocycles. The number of aromatic nitrogens is 1. The van der Waals surface area contributed by atoms with E-state index in [2.05, 4.69) is 9.88 Å². The zero-order valence-corrected chi connectivity index (χ0v) is 12.1. The number of carbonyl (C=O) groups is 1. The summed E-state index contributed by atoms with van der Waals surface area (Å²) in [5.41, 5.74) is 1.94. The summed E-state index contributed by atoms with van der Waals surface area (Å²) in [6.45, 7) is 1.31. The number of carboxylic acid groups (broad SMARTS) is 1. The highest BCUT2D eigenvalue weighted by Crippen LogP contribution is 2.14. The molecule has 0 aliphatic rings. The van der Waals surface area contributed by atoms with E-state index in [1.807, 2.05) is 37.4 Å². The average Bonchev–Trinajstić information content (AvgIpc) is 2.47. The Morgan fingerprint density at radius 1 is 1.24 bits per heavy atom. The Hall–Kier alpha value is -2.40. The second kappa shape index (κ2) is 6.85. The minimum Gasteiger partial charge on any atom is -0.497 e. The maximum Gasteiger partial charge on any atom is 0.354 e. The van der Waals surface area contributed by atoms with Gasteiger partial charge in [0.1, 0.15) is 11.4 Å². The largest absolute Gasteiger partial charge is 0.497 e. The Morgan fingerprint density at radius 2 is 2.00 bits per heavy atom.